The van der Waals surface area contributed by atoms with E-state index in [4.69, 9.17) is 10.5 Å². The van der Waals surface area contributed by atoms with Crippen LogP contribution in [-0.2, 0) is 13.0 Å². The Bertz CT molecular complexity index is 721. The highest BCUT2D eigenvalue weighted by molar-refractivity contribution is 7.12. The van der Waals surface area contributed by atoms with E-state index >= 15 is 0 Å². The maximum Gasteiger partial charge on any atom is 0.211 e. The van der Waals surface area contributed by atoms with Crippen LogP contribution in [0.15, 0.2) is 35.8 Å². The van der Waals surface area contributed by atoms with Crippen molar-refractivity contribution in [2.24, 2.45) is 5.73 Å². The Hall–Kier alpha value is -2.25. The Balaban J connectivity index is 1.89. The normalized spacial score (nSPS) is 10.8. The fourth-order valence-corrected chi connectivity index (χ4v) is 2.82. The van der Waals surface area contributed by atoms with E-state index in [1.807, 2.05) is 36.6 Å². The van der Waals surface area contributed by atoms with Gasteiger partial charge >= 0.3 is 0 Å². The Morgan fingerprint density at radius 2 is 2.09 bits per heavy atom. The molecule has 2 aromatic heterocycles. The van der Waals surface area contributed by atoms with Crippen molar-refractivity contribution in [2.75, 3.05) is 6.61 Å². The van der Waals surface area contributed by atoms with Gasteiger partial charge < -0.3 is 10.5 Å². The highest BCUT2D eigenvalue weighted by atomic mass is 32.1. The summed E-state index contributed by atoms with van der Waals surface area (Å²) in [7, 11) is 0. The van der Waals surface area contributed by atoms with Crippen LogP contribution in [0, 0.1) is 0 Å². The van der Waals surface area contributed by atoms with Crippen molar-refractivity contribution in [2.45, 2.75) is 19.9 Å². The molecule has 0 aliphatic heterocycles. The molecule has 0 atom stereocenters. The standard InChI is InChI=1S/C15H17N5OS/c1-2-21-12-5-3-11(4-6-12)9-14-13(10-16)18-19-20(14)15-17-7-8-22-15/h3-8H,2,9-10,16H2,1H3. The fourth-order valence-electron chi connectivity index (χ4n) is 2.21. The van der Waals surface area contributed by atoms with Crippen molar-refractivity contribution >= 4 is 11.3 Å². The van der Waals surface area contributed by atoms with Crippen LogP contribution in [0.2, 0.25) is 0 Å². The molecule has 0 unspecified atom stereocenters. The summed E-state index contributed by atoms with van der Waals surface area (Å²) in [6.07, 6.45) is 2.45. The Labute approximate surface area is 132 Å². The van der Waals surface area contributed by atoms with Crippen LogP contribution in [0.1, 0.15) is 23.9 Å². The summed E-state index contributed by atoms with van der Waals surface area (Å²) in [5, 5.41) is 11.1. The molecule has 0 aliphatic rings. The van der Waals surface area contributed by atoms with E-state index in [1.165, 1.54) is 11.3 Å². The molecule has 0 saturated carbocycles. The van der Waals surface area contributed by atoms with Crippen LogP contribution >= 0.6 is 11.3 Å². The molecular formula is C15H17N5OS. The first-order chi connectivity index (χ1) is 10.8. The van der Waals surface area contributed by atoms with E-state index in [-0.39, 0.29) is 0 Å². The Morgan fingerprint density at radius 1 is 1.27 bits per heavy atom. The number of ether oxygens (including phenoxy) is 1. The van der Waals surface area contributed by atoms with Gasteiger partial charge in [-0.1, -0.05) is 17.3 Å². The molecule has 7 heteroatoms. The molecule has 0 radical (unpaired) electrons. The van der Waals surface area contributed by atoms with Gasteiger partial charge in [0.2, 0.25) is 5.13 Å². The smallest absolute Gasteiger partial charge is 0.211 e. The number of aromatic nitrogens is 4. The molecule has 0 spiro atoms. The largest absolute Gasteiger partial charge is 0.494 e. The number of thiazole rings is 1. The third-order valence-electron chi connectivity index (χ3n) is 3.24. The molecule has 3 aromatic rings. The van der Waals surface area contributed by atoms with Gasteiger partial charge in [-0.2, -0.15) is 4.68 Å². The average Bonchev–Trinajstić information content (AvgIpc) is 3.18. The number of nitrogens with two attached hydrogens (primary N) is 1. The number of hydrogen-bond donors (Lipinski definition) is 1. The monoisotopic (exact) mass is 315 g/mol. The van der Waals surface area contributed by atoms with Gasteiger partial charge in [-0.15, -0.1) is 16.4 Å². The van der Waals surface area contributed by atoms with Crippen molar-refractivity contribution < 1.29 is 4.74 Å². The lowest BCUT2D eigenvalue weighted by Gasteiger charge is -2.07. The second-order valence-electron chi connectivity index (χ2n) is 4.67. The molecule has 0 saturated heterocycles. The summed E-state index contributed by atoms with van der Waals surface area (Å²) < 4.78 is 7.23. The van der Waals surface area contributed by atoms with E-state index in [9.17, 15) is 0 Å². The molecular weight excluding hydrogens is 298 g/mol. The van der Waals surface area contributed by atoms with Crippen molar-refractivity contribution in [1.29, 1.82) is 0 Å². The molecule has 2 N–H and O–H groups in total. The van der Waals surface area contributed by atoms with Gasteiger partial charge in [0.15, 0.2) is 0 Å². The van der Waals surface area contributed by atoms with Gasteiger partial charge in [-0.3, -0.25) is 0 Å². The summed E-state index contributed by atoms with van der Waals surface area (Å²) in [5.74, 6) is 0.872. The lowest BCUT2D eigenvalue weighted by atomic mass is 10.1. The van der Waals surface area contributed by atoms with Crippen LogP contribution in [0.4, 0.5) is 0 Å². The van der Waals surface area contributed by atoms with Gasteiger partial charge in [-0.05, 0) is 24.6 Å². The predicted molar refractivity (Wildman–Crippen MR) is 85.3 cm³/mol. The molecule has 0 fully saturated rings. The molecule has 2 heterocycles. The fraction of sp³-hybridized carbons (Fsp3) is 0.267. The Kier molecular flexibility index (Phi) is 4.45. The molecule has 114 valence electrons. The van der Waals surface area contributed by atoms with E-state index in [2.05, 4.69) is 15.3 Å². The van der Waals surface area contributed by atoms with Gasteiger partial charge in [-0.25, -0.2) is 4.98 Å². The first-order valence-corrected chi connectivity index (χ1v) is 7.95. The molecule has 1 aromatic carbocycles. The van der Waals surface area contributed by atoms with Gasteiger partial charge in [0.25, 0.3) is 0 Å². The summed E-state index contributed by atoms with van der Waals surface area (Å²) in [5.41, 5.74) is 8.70. The average molecular weight is 315 g/mol. The molecule has 0 amide bonds. The molecule has 3 rings (SSSR count). The van der Waals surface area contributed by atoms with Crippen molar-refractivity contribution in [3.8, 4) is 10.9 Å². The first kappa shape index (κ1) is 14.7. The Morgan fingerprint density at radius 3 is 2.73 bits per heavy atom. The summed E-state index contributed by atoms with van der Waals surface area (Å²) in [6.45, 7) is 2.99. The van der Waals surface area contributed by atoms with Crippen LogP contribution in [0.3, 0.4) is 0 Å². The van der Waals surface area contributed by atoms with Crippen LogP contribution in [0.5, 0.6) is 5.75 Å². The number of nitrogens with zero attached hydrogens (tertiary/aromatic N) is 4. The lowest BCUT2D eigenvalue weighted by molar-refractivity contribution is 0.340. The second-order valence-corrected chi connectivity index (χ2v) is 5.54. The van der Waals surface area contributed by atoms with Crippen LogP contribution in [-0.4, -0.2) is 26.6 Å². The van der Waals surface area contributed by atoms with Crippen molar-refractivity contribution in [3.05, 3.63) is 52.8 Å². The topological polar surface area (TPSA) is 78.9 Å². The first-order valence-electron chi connectivity index (χ1n) is 7.07. The highest BCUT2D eigenvalue weighted by Gasteiger charge is 2.15. The maximum atomic E-state index is 5.78. The third-order valence-corrected chi connectivity index (χ3v) is 3.99. The molecule has 0 aliphatic carbocycles. The van der Waals surface area contributed by atoms with Gasteiger partial charge in [0.05, 0.1) is 12.3 Å². The quantitative estimate of drug-likeness (QED) is 0.754. The minimum atomic E-state index is 0.359. The number of rotatable bonds is 6. The van der Waals surface area contributed by atoms with E-state index in [0.717, 1.165) is 27.8 Å². The maximum absolute atomic E-state index is 5.78. The van der Waals surface area contributed by atoms with Crippen molar-refractivity contribution in [3.63, 3.8) is 0 Å². The SMILES string of the molecule is CCOc1ccc(Cc2c(CN)nnn2-c2nccs2)cc1. The predicted octanol–water partition coefficient (Wildman–Crippen LogP) is 2.17. The van der Waals surface area contributed by atoms with Crippen LogP contribution in [0.25, 0.3) is 5.13 Å². The van der Waals surface area contributed by atoms with Crippen LogP contribution < -0.4 is 10.5 Å². The summed E-state index contributed by atoms with van der Waals surface area (Å²) in [4.78, 5) is 4.29. The molecule has 22 heavy (non-hydrogen) atoms. The zero-order valence-corrected chi connectivity index (χ0v) is 13.1. The zero-order chi connectivity index (χ0) is 15.4. The van der Waals surface area contributed by atoms with Crippen molar-refractivity contribution in [1.82, 2.24) is 20.0 Å². The summed E-state index contributed by atoms with van der Waals surface area (Å²) >= 11 is 1.52. The van der Waals surface area contributed by atoms with E-state index in [0.29, 0.717) is 19.6 Å². The van der Waals surface area contributed by atoms with E-state index < -0.39 is 0 Å². The lowest BCUT2D eigenvalue weighted by Crippen LogP contribution is -2.07. The minimum absolute atomic E-state index is 0.359. The van der Waals surface area contributed by atoms with Gasteiger partial charge in [0.1, 0.15) is 11.4 Å². The minimum Gasteiger partial charge on any atom is -0.494 e. The highest BCUT2D eigenvalue weighted by Crippen LogP contribution is 2.20. The zero-order valence-electron chi connectivity index (χ0n) is 12.3. The molecule has 6 nitrogen and oxygen atoms in total. The van der Waals surface area contributed by atoms with Gasteiger partial charge in [0, 0.05) is 24.5 Å². The number of hydrogen-bond acceptors (Lipinski definition) is 6. The van der Waals surface area contributed by atoms with E-state index in [1.54, 1.807) is 10.9 Å². The second kappa shape index (κ2) is 6.67. The summed E-state index contributed by atoms with van der Waals surface area (Å²) in [6, 6.07) is 8.03. The molecule has 0 bridgehead atoms. The third kappa shape index (κ3) is 3.00. The number of benzene rings is 1.